The number of rotatable bonds is 6. The highest BCUT2D eigenvalue weighted by Crippen LogP contribution is 2.21. The fourth-order valence-electron chi connectivity index (χ4n) is 2.51. The van der Waals surface area contributed by atoms with Crippen molar-refractivity contribution in [3.05, 3.63) is 71.7 Å². The molecule has 0 aliphatic rings. The summed E-state index contributed by atoms with van der Waals surface area (Å²) in [6.07, 6.45) is 2.51. The van der Waals surface area contributed by atoms with Crippen LogP contribution in [0.25, 0.3) is 10.9 Å². The summed E-state index contributed by atoms with van der Waals surface area (Å²) in [5.41, 5.74) is 1.73. The number of carbonyl (C=O) groups is 1. The SMILES string of the molecule is CCCOc1cccc(CNC(=O)c2ccc3ncccc3c2)c1F. The van der Waals surface area contributed by atoms with Crippen molar-refractivity contribution in [1.29, 1.82) is 0 Å². The van der Waals surface area contributed by atoms with E-state index in [2.05, 4.69) is 10.3 Å². The zero-order valence-corrected chi connectivity index (χ0v) is 14.0. The summed E-state index contributed by atoms with van der Waals surface area (Å²) in [4.78, 5) is 16.6. The molecule has 0 bridgehead atoms. The van der Waals surface area contributed by atoms with E-state index in [4.69, 9.17) is 4.74 Å². The van der Waals surface area contributed by atoms with E-state index >= 15 is 0 Å². The molecule has 0 fully saturated rings. The summed E-state index contributed by atoms with van der Waals surface area (Å²) >= 11 is 0. The minimum Gasteiger partial charge on any atom is -0.491 e. The van der Waals surface area contributed by atoms with Crippen LogP contribution in [0.2, 0.25) is 0 Å². The van der Waals surface area contributed by atoms with E-state index in [1.165, 1.54) is 0 Å². The van der Waals surface area contributed by atoms with Gasteiger partial charge in [0.1, 0.15) is 0 Å². The molecule has 3 rings (SSSR count). The van der Waals surface area contributed by atoms with Crippen molar-refractivity contribution in [2.45, 2.75) is 19.9 Å². The molecule has 5 heteroatoms. The minimum absolute atomic E-state index is 0.0963. The molecule has 3 aromatic rings. The third kappa shape index (κ3) is 3.94. The van der Waals surface area contributed by atoms with Crippen molar-refractivity contribution in [3.63, 3.8) is 0 Å². The van der Waals surface area contributed by atoms with Crippen LogP contribution in [0.4, 0.5) is 4.39 Å². The van der Waals surface area contributed by atoms with Gasteiger partial charge in [0.15, 0.2) is 11.6 Å². The van der Waals surface area contributed by atoms with Crippen LogP contribution in [0, 0.1) is 5.82 Å². The van der Waals surface area contributed by atoms with Crippen molar-refractivity contribution in [1.82, 2.24) is 10.3 Å². The molecule has 0 saturated carbocycles. The van der Waals surface area contributed by atoms with Gasteiger partial charge in [-0.1, -0.05) is 25.1 Å². The van der Waals surface area contributed by atoms with Crippen LogP contribution in [-0.4, -0.2) is 17.5 Å². The Morgan fingerprint density at radius 2 is 2.08 bits per heavy atom. The molecular formula is C20H19FN2O2. The Bertz CT molecular complexity index is 896. The molecule has 25 heavy (non-hydrogen) atoms. The summed E-state index contributed by atoms with van der Waals surface area (Å²) in [7, 11) is 0. The van der Waals surface area contributed by atoms with E-state index in [1.54, 1.807) is 42.6 Å². The molecule has 0 unspecified atom stereocenters. The Balaban J connectivity index is 1.71. The summed E-state index contributed by atoms with van der Waals surface area (Å²) < 4.78 is 19.7. The molecule has 0 radical (unpaired) electrons. The second kappa shape index (κ2) is 7.75. The Morgan fingerprint density at radius 3 is 2.92 bits per heavy atom. The average molecular weight is 338 g/mol. The van der Waals surface area contributed by atoms with E-state index in [9.17, 15) is 9.18 Å². The second-order valence-electron chi connectivity index (χ2n) is 5.67. The van der Waals surface area contributed by atoms with Gasteiger partial charge in [0.05, 0.1) is 12.1 Å². The molecule has 0 atom stereocenters. The number of nitrogens with one attached hydrogen (secondary N) is 1. The predicted octanol–water partition coefficient (Wildman–Crippen LogP) is 4.09. The Kier molecular flexibility index (Phi) is 5.23. The van der Waals surface area contributed by atoms with Gasteiger partial charge in [-0.05, 0) is 36.8 Å². The van der Waals surface area contributed by atoms with Crippen molar-refractivity contribution in [2.24, 2.45) is 0 Å². The van der Waals surface area contributed by atoms with Gasteiger partial charge < -0.3 is 10.1 Å². The zero-order valence-electron chi connectivity index (χ0n) is 14.0. The van der Waals surface area contributed by atoms with Gasteiger partial charge in [-0.3, -0.25) is 9.78 Å². The first kappa shape index (κ1) is 16.9. The molecule has 0 aliphatic heterocycles. The maximum absolute atomic E-state index is 14.4. The van der Waals surface area contributed by atoms with E-state index in [0.29, 0.717) is 17.7 Å². The highest BCUT2D eigenvalue weighted by Gasteiger charge is 2.11. The van der Waals surface area contributed by atoms with Gasteiger partial charge >= 0.3 is 0 Å². The minimum atomic E-state index is -0.432. The molecule has 0 spiro atoms. The van der Waals surface area contributed by atoms with Gasteiger partial charge in [-0.25, -0.2) is 4.39 Å². The third-order valence-corrected chi connectivity index (χ3v) is 3.81. The summed E-state index contributed by atoms with van der Waals surface area (Å²) in [6.45, 7) is 2.51. The molecule has 0 aliphatic carbocycles. The van der Waals surface area contributed by atoms with Gasteiger partial charge in [-0.15, -0.1) is 0 Å². The van der Waals surface area contributed by atoms with Gasteiger partial charge in [0.25, 0.3) is 5.91 Å². The largest absolute Gasteiger partial charge is 0.491 e. The number of hydrogen-bond donors (Lipinski definition) is 1. The van der Waals surface area contributed by atoms with Crippen LogP contribution in [0.5, 0.6) is 5.75 Å². The van der Waals surface area contributed by atoms with Crippen molar-refractivity contribution >= 4 is 16.8 Å². The smallest absolute Gasteiger partial charge is 0.251 e. The van der Waals surface area contributed by atoms with Crippen molar-refractivity contribution in [2.75, 3.05) is 6.61 Å². The van der Waals surface area contributed by atoms with Crippen LogP contribution >= 0.6 is 0 Å². The highest BCUT2D eigenvalue weighted by atomic mass is 19.1. The van der Waals surface area contributed by atoms with E-state index in [-0.39, 0.29) is 18.2 Å². The number of benzene rings is 2. The highest BCUT2D eigenvalue weighted by molar-refractivity contribution is 5.97. The summed E-state index contributed by atoms with van der Waals surface area (Å²) in [6, 6.07) is 13.9. The van der Waals surface area contributed by atoms with Gasteiger partial charge in [-0.2, -0.15) is 0 Å². The van der Waals surface area contributed by atoms with Crippen molar-refractivity contribution in [3.8, 4) is 5.75 Å². The fraction of sp³-hybridized carbons (Fsp3) is 0.200. The Hall–Kier alpha value is -2.95. The van der Waals surface area contributed by atoms with E-state index in [1.807, 2.05) is 19.1 Å². The number of pyridine rings is 1. The molecule has 1 heterocycles. The average Bonchev–Trinajstić information content (AvgIpc) is 2.65. The van der Waals surface area contributed by atoms with Crippen LogP contribution in [-0.2, 0) is 6.54 Å². The second-order valence-corrected chi connectivity index (χ2v) is 5.67. The normalized spacial score (nSPS) is 10.6. The number of aromatic nitrogens is 1. The number of hydrogen-bond acceptors (Lipinski definition) is 3. The number of halogens is 1. The third-order valence-electron chi connectivity index (χ3n) is 3.81. The fourth-order valence-corrected chi connectivity index (χ4v) is 2.51. The standard InChI is InChI=1S/C20H19FN2O2/c1-2-11-25-18-7-3-5-16(19(18)21)13-23-20(24)15-8-9-17-14(12-15)6-4-10-22-17/h3-10,12H,2,11,13H2,1H3,(H,23,24). The molecule has 128 valence electrons. The van der Waals surface area contributed by atoms with E-state index < -0.39 is 5.82 Å². The monoisotopic (exact) mass is 338 g/mol. The molecule has 2 aromatic carbocycles. The van der Waals surface area contributed by atoms with Gasteiger partial charge in [0, 0.05) is 29.3 Å². The summed E-state index contributed by atoms with van der Waals surface area (Å²) in [5, 5.41) is 3.63. The Morgan fingerprint density at radius 1 is 1.20 bits per heavy atom. The lowest BCUT2D eigenvalue weighted by Crippen LogP contribution is -2.23. The molecule has 1 N–H and O–H groups in total. The van der Waals surface area contributed by atoms with Crippen LogP contribution in [0.15, 0.2) is 54.7 Å². The first-order valence-electron chi connectivity index (χ1n) is 8.22. The molecule has 0 saturated heterocycles. The van der Waals surface area contributed by atoms with Crippen LogP contribution in [0.1, 0.15) is 29.3 Å². The van der Waals surface area contributed by atoms with Crippen molar-refractivity contribution < 1.29 is 13.9 Å². The topological polar surface area (TPSA) is 51.2 Å². The molecule has 1 amide bonds. The quantitative estimate of drug-likeness (QED) is 0.736. The zero-order chi connectivity index (χ0) is 17.6. The van der Waals surface area contributed by atoms with Gasteiger partial charge in [0.2, 0.25) is 0 Å². The Labute approximate surface area is 145 Å². The number of fused-ring (bicyclic) bond motifs is 1. The number of ether oxygens (including phenoxy) is 1. The summed E-state index contributed by atoms with van der Waals surface area (Å²) in [5.74, 6) is -0.477. The lowest BCUT2D eigenvalue weighted by atomic mass is 10.1. The van der Waals surface area contributed by atoms with Crippen LogP contribution in [0.3, 0.4) is 0 Å². The number of carbonyl (C=O) groups excluding carboxylic acids is 1. The first-order valence-corrected chi connectivity index (χ1v) is 8.22. The number of amides is 1. The first-order chi connectivity index (χ1) is 12.2. The van der Waals surface area contributed by atoms with E-state index in [0.717, 1.165) is 17.3 Å². The van der Waals surface area contributed by atoms with Crippen LogP contribution < -0.4 is 10.1 Å². The lowest BCUT2D eigenvalue weighted by molar-refractivity contribution is 0.0950. The maximum atomic E-state index is 14.4. The predicted molar refractivity (Wildman–Crippen MR) is 95.1 cm³/mol. The maximum Gasteiger partial charge on any atom is 0.251 e. The number of nitrogens with zero attached hydrogens (tertiary/aromatic N) is 1. The molecular weight excluding hydrogens is 319 g/mol. The lowest BCUT2D eigenvalue weighted by Gasteiger charge is -2.11. The molecule has 1 aromatic heterocycles. The molecule has 4 nitrogen and oxygen atoms in total.